The van der Waals surface area contributed by atoms with E-state index in [1.807, 2.05) is 12.1 Å². The summed E-state index contributed by atoms with van der Waals surface area (Å²) in [5.41, 5.74) is 0.988. The molecule has 0 unspecified atom stereocenters. The highest BCUT2D eigenvalue weighted by Gasteiger charge is 2.30. The Labute approximate surface area is 281 Å². The van der Waals surface area contributed by atoms with Gasteiger partial charge in [0, 0.05) is 13.1 Å². The summed E-state index contributed by atoms with van der Waals surface area (Å²) in [5, 5.41) is 19.9. The molecule has 4 rings (SSSR count). The average Bonchev–Trinajstić information content (AvgIpc) is 3.44. The molecule has 3 aromatic rings. The fourth-order valence-electron chi connectivity index (χ4n) is 4.40. The maximum Gasteiger partial charge on any atom is 0.414 e. The average molecular weight is 679 g/mol. The summed E-state index contributed by atoms with van der Waals surface area (Å²) in [7, 11) is 0. The number of benzene rings is 2. The molecular formula is C32H38N8O9. The highest BCUT2D eigenvalue weighted by atomic mass is 16.6. The first-order valence-corrected chi connectivity index (χ1v) is 15.2. The van der Waals surface area contributed by atoms with E-state index in [1.54, 1.807) is 69.3 Å². The van der Waals surface area contributed by atoms with Gasteiger partial charge in [-0.15, -0.1) is 0 Å². The van der Waals surface area contributed by atoms with Crippen molar-refractivity contribution in [2.24, 2.45) is 0 Å². The normalized spacial score (nSPS) is 11.8. The molecule has 1 aromatic heterocycles. The lowest BCUT2D eigenvalue weighted by atomic mass is 10.2. The van der Waals surface area contributed by atoms with Crippen molar-refractivity contribution in [3.05, 3.63) is 71.8 Å². The minimum atomic E-state index is -1.26. The van der Waals surface area contributed by atoms with Gasteiger partial charge in [-0.3, -0.25) is 20.2 Å². The second kappa shape index (κ2) is 16.6. The van der Waals surface area contributed by atoms with Crippen LogP contribution in [0.3, 0.4) is 0 Å². The SMILES string of the molecule is CC(C)(C)OC(=O)NCCN(CC(=O)O)C(=O)CN1CNc2c(NC(=O)OCc3ccccc3)nc(NC(=O)OCc3ccccc3)nc21. The van der Waals surface area contributed by atoms with Crippen molar-refractivity contribution in [3.63, 3.8) is 0 Å². The van der Waals surface area contributed by atoms with Crippen LogP contribution in [-0.2, 0) is 37.0 Å². The van der Waals surface area contributed by atoms with Gasteiger partial charge in [0.2, 0.25) is 11.9 Å². The van der Waals surface area contributed by atoms with Crippen molar-refractivity contribution >= 4 is 53.4 Å². The predicted octanol–water partition coefficient (Wildman–Crippen LogP) is 3.60. The quantitative estimate of drug-likeness (QED) is 0.164. The molecular weight excluding hydrogens is 640 g/mol. The summed E-state index contributed by atoms with van der Waals surface area (Å²) in [5.74, 6) is -2.04. The van der Waals surface area contributed by atoms with Gasteiger partial charge < -0.3 is 39.8 Å². The van der Waals surface area contributed by atoms with E-state index in [0.717, 1.165) is 16.0 Å². The minimum absolute atomic E-state index is 0.0163. The number of amides is 4. The van der Waals surface area contributed by atoms with E-state index in [2.05, 4.69) is 31.2 Å². The molecule has 0 atom stereocenters. The summed E-state index contributed by atoms with van der Waals surface area (Å²) in [6.45, 7) is 3.88. The van der Waals surface area contributed by atoms with E-state index < -0.39 is 42.3 Å². The largest absolute Gasteiger partial charge is 0.480 e. The fourth-order valence-corrected chi connectivity index (χ4v) is 4.40. The molecule has 0 aliphatic carbocycles. The van der Waals surface area contributed by atoms with Crippen LogP contribution in [0.15, 0.2) is 60.7 Å². The topological polar surface area (TPSA) is 214 Å². The first kappa shape index (κ1) is 35.7. The number of hydrogen-bond acceptors (Lipinski definition) is 12. The Bertz CT molecular complexity index is 1630. The monoisotopic (exact) mass is 678 g/mol. The number of nitrogens with one attached hydrogen (secondary N) is 4. The van der Waals surface area contributed by atoms with Gasteiger partial charge in [0.15, 0.2) is 11.6 Å². The van der Waals surface area contributed by atoms with Crippen molar-refractivity contribution in [1.29, 1.82) is 0 Å². The lowest BCUT2D eigenvalue weighted by molar-refractivity contribution is -0.143. The molecule has 0 radical (unpaired) electrons. The van der Waals surface area contributed by atoms with Gasteiger partial charge in [0.05, 0.1) is 6.67 Å². The van der Waals surface area contributed by atoms with Crippen molar-refractivity contribution in [2.75, 3.05) is 53.7 Å². The Morgan fingerprint density at radius 1 is 0.878 bits per heavy atom. The summed E-state index contributed by atoms with van der Waals surface area (Å²) in [6.07, 6.45) is -2.43. The Kier molecular flexibility index (Phi) is 12.1. The number of aromatic nitrogens is 2. The number of aliphatic carboxylic acids is 1. The van der Waals surface area contributed by atoms with E-state index >= 15 is 0 Å². The first-order chi connectivity index (χ1) is 23.4. The lowest BCUT2D eigenvalue weighted by Gasteiger charge is -2.25. The molecule has 0 saturated carbocycles. The van der Waals surface area contributed by atoms with Gasteiger partial charge in [-0.05, 0) is 31.9 Å². The Balaban J connectivity index is 1.49. The van der Waals surface area contributed by atoms with E-state index in [9.17, 15) is 29.1 Å². The van der Waals surface area contributed by atoms with E-state index in [-0.39, 0.29) is 62.8 Å². The number of carboxylic acid groups (broad SMARTS) is 1. The highest BCUT2D eigenvalue weighted by molar-refractivity contribution is 5.95. The van der Waals surface area contributed by atoms with Crippen LogP contribution in [0.5, 0.6) is 0 Å². The van der Waals surface area contributed by atoms with Crippen molar-refractivity contribution in [3.8, 4) is 0 Å². The number of fused-ring (bicyclic) bond motifs is 1. The first-order valence-electron chi connectivity index (χ1n) is 15.2. The zero-order chi connectivity index (χ0) is 35.4. The van der Waals surface area contributed by atoms with Gasteiger partial charge in [0.25, 0.3) is 0 Å². The second-order valence-corrected chi connectivity index (χ2v) is 11.6. The number of carbonyl (C=O) groups is 5. The molecule has 4 amide bonds. The van der Waals surface area contributed by atoms with Crippen LogP contribution in [0.2, 0.25) is 0 Å². The third kappa shape index (κ3) is 11.6. The second-order valence-electron chi connectivity index (χ2n) is 11.6. The van der Waals surface area contributed by atoms with E-state index in [0.29, 0.717) is 0 Å². The Hall–Kier alpha value is -6.13. The van der Waals surface area contributed by atoms with E-state index in [1.165, 1.54) is 4.90 Å². The maximum atomic E-state index is 13.3. The number of alkyl carbamates (subject to hydrolysis) is 1. The summed E-state index contributed by atoms with van der Waals surface area (Å²) in [6, 6.07) is 18.0. The number of hydrogen-bond donors (Lipinski definition) is 5. The van der Waals surface area contributed by atoms with Gasteiger partial charge in [0.1, 0.15) is 37.6 Å². The zero-order valence-electron chi connectivity index (χ0n) is 27.2. The number of anilines is 4. The molecule has 2 heterocycles. The molecule has 17 heteroatoms. The molecule has 5 N–H and O–H groups in total. The van der Waals surface area contributed by atoms with Gasteiger partial charge >= 0.3 is 24.2 Å². The lowest BCUT2D eigenvalue weighted by Crippen LogP contribution is -2.46. The van der Waals surface area contributed by atoms with Crippen LogP contribution in [-0.4, -0.2) is 88.6 Å². The number of ether oxygens (including phenoxy) is 3. The molecule has 0 spiro atoms. The molecule has 260 valence electrons. The number of rotatable bonds is 13. The maximum absolute atomic E-state index is 13.3. The molecule has 1 aliphatic rings. The zero-order valence-corrected chi connectivity index (χ0v) is 27.2. The highest BCUT2D eigenvalue weighted by Crippen LogP contribution is 2.36. The van der Waals surface area contributed by atoms with Crippen molar-refractivity contribution in [2.45, 2.75) is 39.6 Å². The van der Waals surface area contributed by atoms with Crippen LogP contribution in [0.1, 0.15) is 31.9 Å². The van der Waals surface area contributed by atoms with Gasteiger partial charge in [-0.1, -0.05) is 60.7 Å². The Morgan fingerprint density at radius 3 is 2.04 bits per heavy atom. The molecule has 0 bridgehead atoms. The third-order valence-corrected chi connectivity index (χ3v) is 6.55. The fraction of sp³-hybridized carbons (Fsp3) is 0.344. The minimum Gasteiger partial charge on any atom is -0.480 e. The summed E-state index contributed by atoms with van der Waals surface area (Å²) in [4.78, 5) is 73.5. The smallest absolute Gasteiger partial charge is 0.414 e. The van der Waals surface area contributed by atoms with Crippen LogP contribution in [0.4, 0.5) is 37.7 Å². The van der Waals surface area contributed by atoms with Crippen molar-refractivity contribution < 1.29 is 43.3 Å². The molecule has 1 aliphatic heterocycles. The van der Waals surface area contributed by atoms with Crippen LogP contribution in [0.25, 0.3) is 0 Å². The van der Waals surface area contributed by atoms with Crippen LogP contribution >= 0.6 is 0 Å². The van der Waals surface area contributed by atoms with Crippen molar-refractivity contribution in [1.82, 2.24) is 20.2 Å². The number of carbonyl (C=O) groups excluding carboxylic acids is 4. The summed E-state index contributed by atoms with van der Waals surface area (Å²) >= 11 is 0. The van der Waals surface area contributed by atoms with Gasteiger partial charge in [-0.25, -0.2) is 14.4 Å². The summed E-state index contributed by atoms with van der Waals surface area (Å²) < 4.78 is 15.8. The van der Waals surface area contributed by atoms with Crippen LogP contribution in [0, 0.1) is 0 Å². The molecule has 0 fully saturated rings. The number of nitrogens with zero attached hydrogens (tertiary/aromatic N) is 4. The molecule has 49 heavy (non-hydrogen) atoms. The van der Waals surface area contributed by atoms with Crippen LogP contribution < -0.4 is 26.2 Å². The Morgan fingerprint density at radius 2 is 1.47 bits per heavy atom. The van der Waals surface area contributed by atoms with Gasteiger partial charge in [-0.2, -0.15) is 9.97 Å². The molecule has 0 saturated heterocycles. The van der Waals surface area contributed by atoms with E-state index in [4.69, 9.17) is 14.2 Å². The predicted molar refractivity (Wildman–Crippen MR) is 177 cm³/mol. The number of carboxylic acids is 1. The molecule has 2 aromatic carbocycles. The standard InChI is InChI=1S/C32H38N8O9/c1-32(2,3)49-29(44)33-14-15-39(17-24(42)43)23(41)16-40-20-34-25-26(36-30(45)47-18-21-10-6-4-7-11-21)35-28(37-27(25)40)38-31(46)48-19-22-12-8-5-9-13-22/h4-13,34H,14-20H2,1-3H3,(H,33,44)(H,42,43)(H2,35,36,37,38,45,46). The third-order valence-electron chi connectivity index (χ3n) is 6.55. The molecule has 17 nitrogen and oxygen atoms in total.